The van der Waals surface area contributed by atoms with E-state index in [4.69, 9.17) is 4.74 Å². The van der Waals surface area contributed by atoms with Gasteiger partial charge in [0.1, 0.15) is 11.8 Å². The number of methoxy groups -OCH3 is 1. The Kier molecular flexibility index (Phi) is 3.72. The summed E-state index contributed by atoms with van der Waals surface area (Å²) in [5.74, 6) is 1.07. The Bertz CT molecular complexity index is 367. The molecule has 0 spiro atoms. The van der Waals surface area contributed by atoms with Crippen LogP contribution in [0.3, 0.4) is 0 Å². The van der Waals surface area contributed by atoms with E-state index in [2.05, 4.69) is 18.9 Å². The van der Waals surface area contributed by atoms with Crippen molar-refractivity contribution < 1.29 is 9.84 Å². The Labute approximate surface area is 103 Å². The maximum Gasteiger partial charge on any atom is 0.162 e. The quantitative estimate of drug-likeness (QED) is 0.877. The molecule has 1 N–H and O–H groups in total. The van der Waals surface area contributed by atoms with Crippen LogP contribution >= 0.6 is 0 Å². The minimum Gasteiger partial charge on any atom is -0.493 e. The highest BCUT2D eigenvalue weighted by Crippen LogP contribution is 2.39. The monoisotopic (exact) mass is 238 g/mol. The van der Waals surface area contributed by atoms with Gasteiger partial charge in [-0.15, -0.1) is 0 Å². The summed E-state index contributed by atoms with van der Waals surface area (Å²) in [6, 6.07) is 0.241. The summed E-state index contributed by atoms with van der Waals surface area (Å²) in [6.45, 7) is 4.13. The van der Waals surface area contributed by atoms with Crippen molar-refractivity contribution in [2.75, 3.05) is 7.11 Å². The van der Waals surface area contributed by atoms with Crippen LogP contribution in [0.2, 0.25) is 0 Å². The van der Waals surface area contributed by atoms with E-state index in [9.17, 15) is 5.11 Å². The van der Waals surface area contributed by atoms with Gasteiger partial charge in [0.15, 0.2) is 5.75 Å². The lowest BCUT2D eigenvalue weighted by Gasteiger charge is -2.21. The number of aromatic nitrogens is 2. The maximum absolute atomic E-state index is 10.5. The molecule has 96 valence electrons. The van der Waals surface area contributed by atoms with Crippen LogP contribution in [0.15, 0.2) is 6.20 Å². The van der Waals surface area contributed by atoms with E-state index in [1.165, 1.54) is 12.8 Å². The van der Waals surface area contributed by atoms with E-state index >= 15 is 0 Å². The van der Waals surface area contributed by atoms with Gasteiger partial charge in [0.25, 0.3) is 0 Å². The molecular formula is C13H22N2O2. The highest BCUT2D eigenvalue weighted by atomic mass is 16.5. The molecule has 0 radical (unpaired) electrons. The molecule has 1 aliphatic rings. The van der Waals surface area contributed by atoms with Gasteiger partial charge in [0.05, 0.1) is 13.3 Å². The maximum atomic E-state index is 10.5. The van der Waals surface area contributed by atoms with E-state index in [1.807, 2.05) is 4.68 Å². The second-order valence-corrected chi connectivity index (χ2v) is 5.13. The van der Waals surface area contributed by atoms with Crippen molar-refractivity contribution in [1.29, 1.82) is 0 Å². The standard InChI is InChI=1S/C13H22N2O2/c1-9(2)15-12(11(17-3)8-14-15)13(16)10-6-4-5-7-10/h8-10,13,16H,4-7H2,1-3H3. The Morgan fingerprint density at radius 1 is 1.41 bits per heavy atom. The molecular weight excluding hydrogens is 216 g/mol. The summed E-state index contributed by atoms with van der Waals surface area (Å²) < 4.78 is 7.19. The summed E-state index contributed by atoms with van der Waals surface area (Å²) in [5.41, 5.74) is 0.842. The van der Waals surface area contributed by atoms with Gasteiger partial charge in [-0.2, -0.15) is 5.10 Å². The summed E-state index contributed by atoms with van der Waals surface area (Å²) >= 11 is 0. The molecule has 1 heterocycles. The molecule has 1 aliphatic carbocycles. The van der Waals surface area contributed by atoms with Crippen LogP contribution in [0.5, 0.6) is 5.75 Å². The fraction of sp³-hybridized carbons (Fsp3) is 0.769. The van der Waals surface area contributed by atoms with Crippen LogP contribution in [0.4, 0.5) is 0 Å². The van der Waals surface area contributed by atoms with Crippen LogP contribution in [0.25, 0.3) is 0 Å². The molecule has 17 heavy (non-hydrogen) atoms. The second kappa shape index (κ2) is 5.08. The van der Waals surface area contributed by atoms with Crippen LogP contribution in [-0.4, -0.2) is 22.0 Å². The number of rotatable bonds is 4. The summed E-state index contributed by atoms with van der Waals surface area (Å²) in [7, 11) is 1.63. The molecule has 0 bridgehead atoms. The van der Waals surface area contributed by atoms with E-state index in [-0.39, 0.29) is 6.04 Å². The smallest absolute Gasteiger partial charge is 0.162 e. The van der Waals surface area contributed by atoms with E-state index in [1.54, 1.807) is 13.3 Å². The van der Waals surface area contributed by atoms with Gasteiger partial charge in [-0.05, 0) is 32.6 Å². The predicted octanol–water partition coefficient (Wildman–Crippen LogP) is 2.70. The lowest BCUT2D eigenvalue weighted by Crippen LogP contribution is -2.17. The minimum atomic E-state index is -0.447. The number of aliphatic hydroxyl groups is 1. The normalized spacial score (nSPS) is 18.9. The topological polar surface area (TPSA) is 47.3 Å². The molecule has 1 atom stereocenters. The second-order valence-electron chi connectivity index (χ2n) is 5.13. The van der Waals surface area contributed by atoms with Gasteiger partial charge < -0.3 is 9.84 Å². The van der Waals surface area contributed by atoms with Gasteiger partial charge >= 0.3 is 0 Å². The summed E-state index contributed by atoms with van der Waals surface area (Å²) in [5, 5.41) is 14.8. The third-order valence-electron chi connectivity index (χ3n) is 3.63. The van der Waals surface area contributed by atoms with Gasteiger partial charge in [0, 0.05) is 6.04 Å². The first-order valence-corrected chi connectivity index (χ1v) is 6.44. The lowest BCUT2D eigenvalue weighted by atomic mass is 9.97. The molecule has 4 nitrogen and oxygen atoms in total. The molecule has 1 saturated carbocycles. The van der Waals surface area contributed by atoms with E-state index in [0.29, 0.717) is 11.7 Å². The zero-order chi connectivity index (χ0) is 12.4. The van der Waals surface area contributed by atoms with Crippen LogP contribution in [-0.2, 0) is 0 Å². The van der Waals surface area contributed by atoms with E-state index < -0.39 is 6.10 Å². The first-order valence-electron chi connectivity index (χ1n) is 6.44. The molecule has 0 aromatic carbocycles. The molecule has 0 saturated heterocycles. The highest BCUT2D eigenvalue weighted by molar-refractivity contribution is 5.28. The lowest BCUT2D eigenvalue weighted by molar-refractivity contribution is 0.0976. The van der Waals surface area contributed by atoms with Crippen molar-refractivity contribution in [2.24, 2.45) is 5.92 Å². The van der Waals surface area contributed by atoms with Crippen molar-refractivity contribution in [3.8, 4) is 5.75 Å². The summed E-state index contributed by atoms with van der Waals surface area (Å²) in [6.07, 6.45) is 5.91. The first kappa shape index (κ1) is 12.4. The Morgan fingerprint density at radius 2 is 2.06 bits per heavy atom. The molecule has 1 fully saturated rings. The largest absolute Gasteiger partial charge is 0.493 e. The number of hydrogen-bond donors (Lipinski definition) is 1. The van der Waals surface area contributed by atoms with Gasteiger partial charge in [-0.3, -0.25) is 4.68 Å². The number of nitrogens with zero attached hydrogens (tertiary/aromatic N) is 2. The molecule has 1 aromatic heterocycles. The van der Waals surface area contributed by atoms with E-state index in [0.717, 1.165) is 18.5 Å². The fourth-order valence-electron chi connectivity index (χ4n) is 2.70. The SMILES string of the molecule is COc1cnn(C(C)C)c1C(O)C1CCCC1. The summed E-state index contributed by atoms with van der Waals surface area (Å²) in [4.78, 5) is 0. The molecule has 2 rings (SSSR count). The van der Waals surface area contributed by atoms with Crippen LogP contribution < -0.4 is 4.74 Å². The third kappa shape index (κ3) is 2.32. The minimum absolute atomic E-state index is 0.241. The first-order chi connectivity index (χ1) is 8.15. The highest BCUT2D eigenvalue weighted by Gasteiger charge is 2.30. The van der Waals surface area contributed by atoms with Gasteiger partial charge in [-0.1, -0.05) is 12.8 Å². The van der Waals surface area contributed by atoms with Crippen molar-refractivity contribution >= 4 is 0 Å². The van der Waals surface area contributed by atoms with Crippen molar-refractivity contribution in [2.45, 2.75) is 51.7 Å². The number of ether oxygens (including phenoxy) is 1. The fourth-order valence-corrected chi connectivity index (χ4v) is 2.70. The van der Waals surface area contributed by atoms with Gasteiger partial charge in [0.2, 0.25) is 0 Å². The number of aliphatic hydroxyl groups excluding tert-OH is 1. The molecule has 1 unspecified atom stereocenters. The third-order valence-corrected chi connectivity index (χ3v) is 3.63. The van der Waals surface area contributed by atoms with Crippen LogP contribution in [0.1, 0.15) is 57.4 Å². The van der Waals surface area contributed by atoms with Crippen LogP contribution in [0, 0.1) is 5.92 Å². The predicted molar refractivity (Wildman–Crippen MR) is 66.1 cm³/mol. The van der Waals surface area contributed by atoms with Crippen molar-refractivity contribution in [3.63, 3.8) is 0 Å². The van der Waals surface area contributed by atoms with Gasteiger partial charge in [-0.25, -0.2) is 0 Å². The van der Waals surface area contributed by atoms with Crippen molar-refractivity contribution in [1.82, 2.24) is 9.78 Å². The number of hydrogen-bond acceptors (Lipinski definition) is 3. The molecule has 0 aliphatic heterocycles. The molecule has 0 amide bonds. The average molecular weight is 238 g/mol. The molecule has 4 heteroatoms. The molecule has 1 aromatic rings. The Morgan fingerprint density at radius 3 is 2.59 bits per heavy atom. The zero-order valence-electron chi connectivity index (χ0n) is 10.9. The van der Waals surface area contributed by atoms with Crippen molar-refractivity contribution in [3.05, 3.63) is 11.9 Å². The average Bonchev–Trinajstić information content (AvgIpc) is 2.96. The zero-order valence-corrected chi connectivity index (χ0v) is 10.9. The Balaban J connectivity index is 2.30. The Hall–Kier alpha value is -1.03.